The molecule has 0 bridgehead atoms. The molecule has 1 saturated heterocycles. The number of fused-ring (bicyclic) bond motifs is 1. The van der Waals surface area contributed by atoms with Gasteiger partial charge >= 0.3 is 10.2 Å². The van der Waals surface area contributed by atoms with Gasteiger partial charge in [0.25, 0.3) is 0 Å². The number of amides is 1. The van der Waals surface area contributed by atoms with Crippen molar-refractivity contribution >= 4 is 27.5 Å². The summed E-state index contributed by atoms with van der Waals surface area (Å²) in [5, 5.41) is -0.408. The Labute approximate surface area is 127 Å². The molecule has 0 saturated carbocycles. The van der Waals surface area contributed by atoms with Gasteiger partial charge in [-0.2, -0.15) is 8.42 Å². The van der Waals surface area contributed by atoms with E-state index < -0.39 is 15.5 Å². The van der Waals surface area contributed by atoms with Crippen molar-refractivity contribution in [2.75, 3.05) is 6.54 Å². The quantitative estimate of drug-likeness (QED) is 0.794. The molecule has 3 rings (SSSR count). The van der Waals surface area contributed by atoms with Crippen LogP contribution < -0.4 is 0 Å². The van der Waals surface area contributed by atoms with E-state index in [0.717, 1.165) is 36.4 Å². The number of hydrogen-bond donors (Lipinski definition) is 0. The maximum absolute atomic E-state index is 13.1. The second-order valence-electron chi connectivity index (χ2n) is 5.65. The first-order valence-electron chi connectivity index (χ1n) is 7.07. The Morgan fingerprint density at radius 2 is 2.10 bits per heavy atom. The largest absolute Gasteiger partial charge is 0.332 e. The van der Waals surface area contributed by atoms with Gasteiger partial charge in [-0.05, 0) is 32.6 Å². The van der Waals surface area contributed by atoms with Crippen LogP contribution in [0.2, 0.25) is 0 Å². The van der Waals surface area contributed by atoms with E-state index in [0.29, 0.717) is 0 Å². The maximum Gasteiger partial charge on any atom is 0.307 e. The molecule has 0 N–H and O–H groups in total. The van der Waals surface area contributed by atoms with Gasteiger partial charge in [-0.3, -0.25) is 4.79 Å². The van der Waals surface area contributed by atoms with Crippen molar-refractivity contribution in [1.82, 2.24) is 9.88 Å². The van der Waals surface area contributed by atoms with Crippen molar-refractivity contribution in [3.8, 4) is 0 Å². The predicted octanol–water partition coefficient (Wildman–Crippen LogP) is 1.98. The minimum absolute atomic E-state index is 0.0803. The molecule has 1 aromatic rings. The summed E-state index contributed by atoms with van der Waals surface area (Å²) in [6.45, 7) is 1.75. The lowest BCUT2D eigenvalue weighted by atomic mass is 10.0. The SMILES string of the molecule is CC(c1nc2c(s1)CCCC2)N1CC(S(=O)(=O)F)CC1=O. The van der Waals surface area contributed by atoms with Crippen LogP contribution in [0.3, 0.4) is 0 Å². The van der Waals surface area contributed by atoms with Gasteiger partial charge in [0, 0.05) is 17.8 Å². The van der Waals surface area contributed by atoms with Gasteiger partial charge in [0.15, 0.2) is 0 Å². The first-order chi connectivity index (χ1) is 9.86. The molecule has 1 aliphatic heterocycles. The van der Waals surface area contributed by atoms with Gasteiger partial charge in [0.2, 0.25) is 5.91 Å². The third-order valence-corrected chi connectivity index (χ3v) is 6.65. The van der Waals surface area contributed by atoms with Crippen molar-refractivity contribution in [2.45, 2.75) is 50.3 Å². The van der Waals surface area contributed by atoms with E-state index in [4.69, 9.17) is 0 Å². The van der Waals surface area contributed by atoms with Gasteiger partial charge in [-0.1, -0.05) is 0 Å². The van der Waals surface area contributed by atoms with Gasteiger partial charge in [0.05, 0.1) is 11.7 Å². The van der Waals surface area contributed by atoms with E-state index in [-0.39, 0.29) is 24.9 Å². The second kappa shape index (κ2) is 5.31. The zero-order valence-corrected chi connectivity index (χ0v) is 13.3. The Bertz CT molecular complexity index is 647. The molecule has 2 aliphatic rings. The summed E-state index contributed by atoms with van der Waals surface area (Å²) in [6, 6.07) is -0.292. The highest BCUT2D eigenvalue weighted by Crippen LogP contribution is 2.34. The molecular weight excluding hydrogens is 315 g/mol. The van der Waals surface area contributed by atoms with Crippen LogP contribution in [0.1, 0.15) is 47.8 Å². The Hall–Kier alpha value is -1.02. The predicted molar refractivity (Wildman–Crippen MR) is 77.3 cm³/mol. The average Bonchev–Trinajstić information content (AvgIpc) is 3.00. The Balaban J connectivity index is 1.80. The number of aromatic nitrogens is 1. The number of aryl methyl sites for hydroxylation is 2. The van der Waals surface area contributed by atoms with Crippen LogP contribution in [-0.2, 0) is 27.9 Å². The summed E-state index contributed by atoms with van der Waals surface area (Å²) >= 11 is 1.59. The van der Waals surface area contributed by atoms with Crippen LogP contribution in [0.25, 0.3) is 0 Å². The fraction of sp³-hybridized carbons (Fsp3) is 0.692. The molecule has 21 heavy (non-hydrogen) atoms. The standard InChI is InChI=1S/C13H17FN2O3S2/c1-8(13-15-10-4-2-3-5-11(10)20-13)16-7-9(6-12(16)17)21(14,18)19/h8-9H,2-7H2,1H3. The van der Waals surface area contributed by atoms with Crippen LogP contribution in [0, 0.1) is 0 Å². The van der Waals surface area contributed by atoms with E-state index in [1.54, 1.807) is 11.3 Å². The summed E-state index contributed by atoms with van der Waals surface area (Å²) < 4.78 is 35.0. The van der Waals surface area contributed by atoms with E-state index in [1.807, 2.05) is 6.92 Å². The zero-order chi connectivity index (χ0) is 15.2. The molecule has 0 aromatic carbocycles. The van der Waals surface area contributed by atoms with Gasteiger partial charge in [-0.25, -0.2) is 4.98 Å². The monoisotopic (exact) mass is 332 g/mol. The average molecular weight is 332 g/mol. The van der Waals surface area contributed by atoms with Crippen molar-refractivity contribution in [3.63, 3.8) is 0 Å². The minimum atomic E-state index is -4.67. The maximum atomic E-state index is 13.1. The highest BCUT2D eigenvalue weighted by molar-refractivity contribution is 7.87. The molecule has 2 heterocycles. The molecule has 1 amide bonds. The van der Waals surface area contributed by atoms with Crippen molar-refractivity contribution in [1.29, 1.82) is 0 Å². The first-order valence-corrected chi connectivity index (χ1v) is 9.34. The van der Waals surface area contributed by atoms with Crippen molar-refractivity contribution in [2.24, 2.45) is 0 Å². The van der Waals surface area contributed by atoms with E-state index in [2.05, 4.69) is 4.98 Å². The molecule has 8 heteroatoms. The highest BCUT2D eigenvalue weighted by Gasteiger charge is 2.41. The van der Waals surface area contributed by atoms with Crippen molar-refractivity contribution in [3.05, 3.63) is 15.6 Å². The van der Waals surface area contributed by atoms with Crippen molar-refractivity contribution < 1.29 is 17.1 Å². The fourth-order valence-corrected chi connectivity index (χ4v) is 4.84. The molecule has 0 spiro atoms. The number of carbonyl (C=O) groups excluding carboxylic acids is 1. The lowest BCUT2D eigenvalue weighted by Gasteiger charge is -2.22. The van der Waals surface area contributed by atoms with E-state index in [9.17, 15) is 17.1 Å². The molecule has 1 fully saturated rings. The van der Waals surface area contributed by atoms with Gasteiger partial charge < -0.3 is 4.90 Å². The smallest absolute Gasteiger partial charge is 0.307 e. The van der Waals surface area contributed by atoms with Gasteiger partial charge in [-0.15, -0.1) is 15.2 Å². The minimum Gasteiger partial charge on any atom is -0.332 e. The second-order valence-corrected chi connectivity index (χ2v) is 8.39. The summed E-state index contributed by atoms with van der Waals surface area (Å²) in [5.74, 6) is -0.318. The number of rotatable bonds is 3. The molecular formula is C13H17FN2O3S2. The van der Waals surface area contributed by atoms with Gasteiger partial charge in [0.1, 0.15) is 10.3 Å². The fourth-order valence-electron chi connectivity index (χ4n) is 2.94. The van der Waals surface area contributed by atoms with Crippen LogP contribution in [0.4, 0.5) is 3.89 Å². The van der Waals surface area contributed by atoms with Crippen LogP contribution in [0.15, 0.2) is 0 Å². The molecule has 1 aliphatic carbocycles. The zero-order valence-electron chi connectivity index (χ0n) is 11.7. The normalized spacial score (nSPS) is 24.2. The lowest BCUT2D eigenvalue weighted by molar-refractivity contribution is -0.129. The number of thiazole rings is 1. The molecule has 2 atom stereocenters. The number of nitrogens with zero attached hydrogens (tertiary/aromatic N) is 2. The third kappa shape index (κ3) is 2.83. The topological polar surface area (TPSA) is 67.3 Å². The highest BCUT2D eigenvalue weighted by atomic mass is 32.3. The summed E-state index contributed by atoms with van der Waals surface area (Å²) in [6.07, 6.45) is 4.01. The molecule has 2 unspecified atom stereocenters. The van der Waals surface area contributed by atoms with E-state index >= 15 is 0 Å². The molecule has 5 nitrogen and oxygen atoms in total. The van der Waals surface area contributed by atoms with Crippen LogP contribution >= 0.6 is 11.3 Å². The summed E-state index contributed by atoms with van der Waals surface area (Å²) in [5.41, 5.74) is 1.11. The molecule has 0 radical (unpaired) electrons. The lowest BCUT2D eigenvalue weighted by Crippen LogP contribution is -2.30. The number of halogens is 1. The summed E-state index contributed by atoms with van der Waals surface area (Å²) in [7, 11) is -4.67. The van der Waals surface area contributed by atoms with E-state index in [1.165, 1.54) is 9.78 Å². The molecule has 116 valence electrons. The Kier molecular flexibility index (Phi) is 3.77. The first kappa shape index (κ1) is 14.9. The Morgan fingerprint density at radius 1 is 1.38 bits per heavy atom. The number of hydrogen-bond acceptors (Lipinski definition) is 5. The third-order valence-electron chi connectivity index (χ3n) is 4.21. The Morgan fingerprint density at radius 3 is 2.71 bits per heavy atom. The summed E-state index contributed by atoms with van der Waals surface area (Å²) in [4.78, 5) is 19.3. The number of carbonyl (C=O) groups is 1. The van der Waals surface area contributed by atoms with Crippen LogP contribution in [-0.4, -0.2) is 36.0 Å². The molecule has 1 aromatic heterocycles. The number of likely N-dealkylation sites (tertiary alicyclic amines) is 1. The van der Waals surface area contributed by atoms with Crippen LogP contribution in [0.5, 0.6) is 0 Å².